The van der Waals surface area contributed by atoms with Crippen molar-refractivity contribution in [1.29, 1.82) is 0 Å². The van der Waals surface area contributed by atoms with Gasteiger partial charge in [-0.15, -0.1) is 0 Å². The Morgan fingerprint density at radius 3 is 2.38 bits per heavy atom. The predicted octanol–water partition coefficient (Wildman–Crippen LogP) is 1.21. The van der Waals surface area contributed by atoms with E-state index < -0.39 is 0 Å². The lowest BCUT2D eigenvalue weighted by Gasteiger charge is -2.15. The van der Waals surface area contributed by atoms with Gasteiger partial charge in [0, 0.05) is 27.8 Å². The van der Waals surface area contributed by atoms with E-state index in [4.69, 9.17) is 0 Å². The summed E-state index contributed by atoms with van der Waals surface area (Å²) in [5, 5.41) is 0. The third-order valence-corrected chi connectivity index (χ3v) is 10.5. The van der Waals surface area contributed by atoms with Crippen molar-refractivity contribution in [2.45, 2.75) is 30.0 Å². The zero-order chi connectivity index (χ0) is 5.82. The summed E-state index contributed by atoms with van der Waals surface area (Å²) in [5.74, 6) is 0. The molecule has 0 bridgehead atoms. The molecule has 1 aliphatic heterocycles. The van der Waals surface area contributed by atoms with E-state index in [2.05, 4.69) is 6.92 Å². The highest BCUT2D eigenvalue weighted by molar-refractivity contribution is 6.83. The van der Waals surface area contributed by atoms with Gasteiger partial charge in [-0.05, 0) is 0 Å². The molecule has 3 heteroatoms. The van der Waals surface area contributed by atoms with E-state index in [1.165, 1.54) is 25.1 Å². The molecule has 1 saturated heterocycles. The molecular weight excluding hydrogens is 144 g/mol. The summed E-state index contributed by atoms with van der Waals surface area (Å²) in [5.41, 5.74) is 4.87. The highest BCUT2D eigenvalue weighted by atomic mass is 28.4. The molecule has 0 amide bonds. The SMILES string of the molecule is CC[Si]1C[Si]C[Si]C1. The molecule has 1 fully saturated rings. The zero-order valence-corrected chi connectivity index (χ0v) is 8.33. The van der Waals surface area contributed by atoms with Crippen molar-refractivity contribution in [1.82, 2.24) is 0 Å². The third-order valence-electron chi connectivity index (χ3n) is 1.50. The minimum absolute atomic E-state index is 0.237. The first-order valence-corrected chi connectivity index (χ1v) is 8.13. The van der Waals surface area contributed by atoms with Gasteiger partial charge < -0.3 is 0 Å². The van der Waals surface area contributed by atoms with Crippen LogP contribution in [0.15, 0.2) is 0 Å². The Morgan fingerprint density at radius 2 is 2.00 bits per heavy atom. The van der Waals surface area contributed by atoms with Gasteiger partial charge in [-0.25, -0.2) is 0 Å². The first-order chi connectivity index (χ1) is 3.93. The Balaban J connectivity index is 2.13. The van der Waals surface area contributed by atoms with Crippen LogP contribution in [0.1, 0.15) is 6.92 Å². The molecule has 0 aromatic rings. The Bertz CT molecular complexity index is 58.7. The second-order valence-electron chi connectivity index (χ2n) is 2.13. The molecule has 0 aromatic heterocycles. The van der Waals surface area contributed by atoms with Crippen molar-refractivity contribution in [2.24, 2.45) is 0 Å². The van der Waals surface area contributed by atoms with Crippen molar-refractivity contribution in [3.05, 3.63) is 0 Å². The number of hydrogen-bond donors (Lipinski definition) is 0. The van der Waals surface area contributed by atoms with Gasteiger partial charge in [0.2, 0.25) is 0 Å². The maximum absolute atomic E-state index is 2.37. The lowest BCUT2D eigenvalue weighted by Crippen LogP contribution is -2.23. The molecule has 0 atom stereocenters. The molecule has 1 rings (SSSR count). The molecule has 0 spiro atoms. The summed E-state index contributed by atoms with van der Waals surface area (Å²) in [7, 11) is 2.93. The predicted molar refractivity (Wildman–Crippen MR) is 42.2 cm³/mol. The molecule has 8 heavy (non-hydrogen) atoms. The van der Waals surface area contributed by atoms with Crippen molar-refractivity contribution >= 4 is 27.8 Å². The van der Waals surface area contributed by atoms with Gasteiger partial charge in [-0.1, -0.05) is 30.0 Å². The van der Waals surface area contributed by atoms with Gasteiger partial charge in [-0.3, -0.25) is 0 Å². The average Bonchev–Trinajstić information content (AvgIpc) is 1.90. The highest BCUT2D eigenvalue weighted by Crippen LogP contribution is 2.09. The Hall–Kier alpha value is 0.651. The fourth-order valence-electron chi connectivity index (χ4n) is 0.879. The topological polar surface area (TPSA) is 0 Å². The van der Waals surface area contributed by atoms with Crippen LogP contribution in [0.3, 0.4) is 0 Å². The second kappa shape index (κ2) is 3.63. The van der Waals surface area contributed by atoms with E-state index in [0.717, 1.165) is 0 Å². The lowest BCUT2D eigenvalue weighted by molar-refractivity contribution is 1.38. The van der Waals surface area contributed by atoms with Crippen molar-refractivity contribution in [2.75, 3.05) is 0 Å². The Morgan fingerprint density at radius 1 is 1.38 bits per heavy atom. The summed E-state index contributed by atoms with van der Waals surface area (Å²) in [4.78, 5) is 0. The van der Waals surface area contributed by atoms with E-state index in [1.807, 2.05) is 0 Å². The molecule has 0 unspecified atom stereocenters. The largest absolute Gasteiger partial charge is 0.0695 e. The van der Waals surface area contributed by atoms with Gasteiger partial charge >= 0.3 is 0 Å². The Kier molecular flexibility index (Phi) is 3.07. The molecule has 0 N–H and O–H groups in total. The maximum atomic E-state index is 2.37. The van der Waals surface area contributed by atoms with Crippen LogP contribution >= 0.6 is 0 Å². The second-order valence-corrected chi connectivity index (χ2v) is 9.58. The quantitative estimate of drug-likeness (QED) is 0.500. The molecule has 0 aromatic carbocycles. The van der Waals surface area contributed by atoms with Crippen LogP contribution in [-0.4, -0.2) is 27.8 Å². The van der Waals surface area contributed by atoms with Gasteiger partial charge in [0.25, 0.3) is 0 Å². The normalized spacial score (nSPS) is 23.6. The fraction of sp³-hybridized carbons (Fsp3) is 1.00. The molecule has 1 aliphatic rings. The van der Waals surface area contributed by atoms with E-state index in [0.29, 0.717) is 0 Å². The molecule has 0 saturated carbocycles. The molecule has 0 nitrogen and oxygen atoms in total. The summed E-state index contributed by atoms with van der Waals surface area (Å²) in [6.45, 7) is 2.37. The van der Waals surface area contributed by atoms with Crippen LogP contribution in [-0.2, 0) is 0 Å². The smallest absolute Gasteiger partial charge is 0.0411 e. The summed E-state index contributed by atoms with van der Waals surface area (Å²) in [6.07, 6.45) is 0. The monoisotopic (exact) mass is 155 g/mol. The fourth-order valence-corrected chi connectivity index (χ4v) is 11.3. The van der Waals surface area contributed by atoms with Gasteiger partial charge in [0.1, 0.15) is 0 Å². The molecular formula is C5H11Si3. The van der Waals surface area contributed by atoms with E-state index >= 15 is 0 Å². The van der Waals surface area contributed by atoms with E-state index in [-0.39, 0.29) is 8.80 Å². The molecule has 0 aliphatic carbocycles. The van der Waals surface area contributed by atoms with Crippen LogP contribution in [0.5, 0.6) is 0 Å². The summed E-state index contributed by atoms with van der Waals surface area (Å²) < 4.78 is 0. The standard InChI is InChI=1S/C5H11Si3/c1-2-8-4-6-3-7-5-8/h2-5H2,1H3. The average molecular weight is 155 g/mol. The van der Waals surface area contributed by atoms with Crippen LogP contribution in [0.2, 0.25) is 23.0 Å². The lowest BCUT2D eigenvalue weighted by atomic mass is 11.0. The minimum Gasteiger partial charge on any atom is -0.0695 e. The minimum atomic E-state index is 0.237. The van der Waals surface area contributed by atoms with Crippen LogP contribution < -0.4 is 0 Å². The first-order valence-electron chi connectivity index (χ1n) is 3.18. The number of hydrogen-bond acceptors (Lipinski definition) is 0. The molecule has 43 valence electrons. The van der Waals surface area contributed by atoms with Crippen molar-refractivity contribution in [3.63, 3.8) is 0 Å². The van der Waals surface area contributed by atoms with E-state index in [1.54, 1.807) is 17.0 Å². The van der Waals surface area contributed by atoms with E-state index in [9.17, 15) is 0 Å². The number of rotatable bonds is 1. The van der Waals surface area contributed by atoms with Gasteiger partial charge in [0.05, 0.1) is 0 Å². The van der Waals surface area contributed by atoms with Gasteiger partial charge in [-0.2, -0.15) is 0 Å². The molecule has 5 radical (unpaired) electrons. The van der Waals surface area contributed by atoms with Gasteiger partial charge in [0.15, 0.2) is 0 Å². The van der Waals surface area contributed by atoms with Crippen LogP contribution in [0, 0.1) is 0 Å². The molecule has 1 heterocycles. The highest BCUT2D eigenvalue weighted by Gasteiger charge is 2.12. The van der Waals surface area contributed by atoms with Crippen LogP contribution in [0.4, 0.5) is 0 Å². The van der Waals surface area contributed by atoms with Crippen molar-refractivity contribution in [3.8, 4) is 0 Å². The zero-order valence-electron chi connectivity index (χ0n) is 5.33. The summed E-state index contributed by atoms with van der Waals surface area (Å²) in [6, 6.07) is 1.53. The third kappa shape index (κ3) is 1.87. The van der Waals surface area contributed by atoms with Crippen molar-refractivity contribution < 1.29 is 0 Å². The van der Waals surface area contributed by atoms with Crippen LogP contribution in [0.25, 0.3) is 0 Å². The maximum Gasteiger partial charge on any atom is 0.0411 e. The first kappa shape index (κ1) is 6.77. The summed E-state index contributed by atoms with van der Waals surface area (Å²) >= 11 is 0. The Labute approximate surface area is 58.3 Å².